The number of hydrogen-bond acceptors (Lipinski definition) is 2. The van der Waals surface area contributed by atoms with Crippen molar-refractivity contribution >= 4 is 0 Å². The van der Waals surface area contributed by atoms with Crippen molar-refractivity contribution in [1.29, 1.82) is 0 Å². The van der Waals surface area contributed by atoms with Crippen LogP contribution in [-0.2, 0) is 6.18 Å². The summed E-state index contributed by atoms with van der Waals surface area (Å²) in [6.45, 7) is 3.67. The van der Waals surface area contributed by atoms with Gasteiger partial charge in [-0.25, -0.2) is 0 Å². The zero-order valence-corrected chi connectivity index (χ0v) is 7.35. The minimum Gasteiger partial charge on any atom is -0.361 e. The van der Waals surface area contributed by atoms with Gasteiger partial charge in [0, 0.05) is 12.0 Å². The van der Waals surface area contributed by atoms with Crippen LogP contribution in [-0.4, -0.2) is 5.16 Å². The minimum absolute atomic E-state index is 0.0244. The predicted molar refractivity (Wildman–Crippen MR) is 40.2 cm³/mol. The summed E-state index contributed by atoms with van der Waals surface area (Å²) in [5.74, 6) is 0.262. The third kappa shape index (κ3) is 2.23. The smallest absolute Gasteiger partial charge is 0.361 e. The molecular formula is C8H10F3NO. The molecule has 74 valence electrons. The van der Waals surface area contributed by atoms with Crippen molar-refractivity contribution in [3.8, 4) is 0 Å². The first-order valence-electron chi connectivity index (χ1n) is 3.99. The van der Waals surface area contributed by atoms with Gasteiger partial charge in [0.1, 0.15) is 5.76 Å². The Hall–Kier alpha value is -1.00. The van der Waals surface area contributed by atoms with Crippen LogP contribution < -0.4 is 0 Å². The third-order valence-electron chi connectivity index (χ3n) is 1.92. The number of rotatable bonds is 2. The average Bonchev–Trinajstić information content (AvgIpc) is 2.50. The van der Waals surface area contributed by atoms with Crippen molar-refractivity contribution in [2.24, 2.45) is 0 Å². The molecule has 0 aliphatic heterocycles. The molecule has 0 aliphatic rings. The van der Waals surface area contributed by atoms with Crippen LogP contribution in [0.1, 0.15) is 37.6 Å². The molecule has 0 aromatic carbocycles. The lowest BCUT2D eigenvalue weighted by Crippen LogP contribution is -2.04. The molecule has 0 saturated carbocycles. The van der Waals surface area contributed by atoms with Crippen molar-refractivity contribution in [3.63, 3.8) is 0 Å². The van der Waals surface area contributed by atoms with E-state index >= 15 is 0 Å². The fraction of sp³-hybridized carbons (Fsp3) is 0.625. The van der Waals surface area contributed by atoms with Crippen LogP contribution in [0, 0.1) is 0 Å². The Morgan fingerprint density at radius 2 is 2.15 bits per heavy atom. The van der Waals surface area contributed by atoms with Crippen molar-refractivity contribution in [2.75, 3.05) is 0 Å². The normalized spacial score (nSPS) is 14.5. The highest BCUT2D eigenvalue weighted by atomic mass is 19.4. The molecule has 0 bridgehead atoms. The molecule has 1 heterocycles. The maximum Gasteiger partial charge on any atom is 0.436 e. The van der Waals surface area contributed by atoms with Gasteiger partial charge in [-0.15, -0.1) is 0 Å². The van der Waals surface area contributed by atoms with Gasteiger partial charge in [0.2, 0.25) is 0 Å². The van der Waals surface area contributed by atoms with E-state index in [1.165, 1.54) is 0 Å². The Morgan fingerprint density at radius 3 is 2.54 bits per heavy atom. The van der Waals surface area contributed by atoms with Gasteiger partial charge in [-0.3, -0.25) is 0 Å². The van der Waals surface area contributed by atoms with E-state index in [1.54, 1.807) is 6.92 Å². The summed E-state index contributed by atoms with van der Waals surface area (Å²) in [6.07, 6.45) is -3.68. The minimum atomic E-state index is -4.41. The number of alkyl halides is 3. The highest BCUT2D eigenvalue weighted by Crippen LogP contribution is 2.30. The Morgan fingerprint density at radius 1 is 1.54 bits per heavy atom. The van der Waals surface area contributed by atoms with E-state index in [-0.39, 0.29) is 11.7 Å². The van der Waals surface area contributed by atoms with Crippen molar-refractivity contribution < 1.29 is 17.7 Å². The second kappa shape index (κ2) is 3.40. The van der Waals surface area contributed by atoms with Crippen LogP contribution in [0.4, 0.5) is 13.2 Å². The van der Waals surface area contributed by atoms with Gasteiger partial charge in [-0.05, 0) is 6.42 Å². The predicted octanol–water partition coefficient (Wildman–Crippen LogP) is 3.21. The fourth-order valence-corrected chi connectivity index (χ4v) is 0.856. The molecule has 0 amide bonds. The van der Waals surface area contributed by atoms with Crippen LogP contribution >= 0.6 is 0 Å². The Bertz CT molecular complexity index is 279. The number of nitrogens with zero attached hydrogens (tertiary/aromatic N) is 1. The first-order valence-corrected chi connectivity index (χ1v) is 3.99. The topological polar surface area (TPSA) is 26.0 Å². The molecule has 5 heteroatoms. The third-order valence-corrected chi connectivity index (χ3v) is 1.92. The SMILES string of the molecule is CCC(C)c1cc(C(F)(F)F)no1. The summed E-state index contributed by atoms with van der Waals surface area (Å²) in [5.41, 5.74) is -0.956. The lowest BCUT2D eigenvalue weighted by Gasteiger charge is -2.00. The van der Waals surface area contributed by atoms with Crippen molar-refractivity contribution in [1.82, 2.24) is 5.16 Å². The second-order valence-electron chi connectivity index (χ2n) is 2.92. The average molecular weight is 193 g/mol. The molecule has 0 fully saturated rings. The van der Waals surface area contributed by atoms with Gasteiger partial charge in [0.05, 0.1) is 0 Å². The van der Waals surface area contributed by atoms with E-state index in [0.717, 1.165) is 12.5 Å². The maximum absolute atomic E-state index is 12.0. The van der Waals surface area contributed by atoms with Gasteiger partial charge in [-0.1, -0.05) is 19.0 Å². The number of aromatic nitrogens is 1. The quantitative estimate of drug-likeness (QED) is 0.720. The van der Waals surface area contributed by atoms with Crippen LogP contribution in [0.15, 0.2) is 10.6 Å². The van der Waals surface area contributed by atoms with Crippen LogP contribution in [0.5, 0.6) is 0 Å². The molecule has 0 aliphatic carbocycles. The van der Waals surface area contributed by atoms with Gasteiger partial charge >= 0.3 is 6.18 Å². The van der Waals surface area contributed by atoms with Gasteiger partial charge < -0.3 is 4.52 Å². The highest BCUT2D eigenvalue weighted by molar-refractivity contribution is 5.11. The lowest BCUT2D eigenvalue weighted by atomic mass is 10.1. The fourth-order valence-electron chi connectivity index (χ4n) is 0.856. The molecule has 1 unspecified atom stereocenters. The van der Waals surface area contributed by atoms with Crippen molar-refractivity contribution in [3.05, 3.63) is 17.5 Å². The zero-order chi connectivity index (χ0) is 10.1. The summed E-state index contributed by atoms with van der Waals surface area (Å²) in [5, 5.41) is 2.96. The van der Waals surface area contributed by atoms with E-state index in [2.05, 4.69) is 9.68 Å². The summed E-state index contributed by atoms with van der Waals surface area (Å²) in [4.78, 5) is 0. The van der Waals surface area contributed by atoms with Gasteiger partial charge in [0.15, 0.2) is 5.69 Å². The Balaban J connectivity index is 2.87. The number of hydrogen-bond donors (Lipinski definition) is 0. The van der Waals surface area contributed by atoms with Gasteiger partial charge in [0.25, 0.3) is 0 Å². The highest BCUT2D eigenvalue weighted by Gasteiger charge is 2.35. The molecule has 0 spiro atoms. The first kappa shape index (κ1) is 10.1. The summed E-state index contributed by atoms with van der Waals surface area (Å²) in [7, 11) is 0. The summed E-state index contributed by atoms with van der Waals surface area (Å²) in [6, 6.07) is 0.953. The zero-order valence-electron chi connectivity index (χ0n) is 7.35. The number of halogens is 3. The van der Waals surface area contributed by atoms with Gasteiger partial charge in [-0.2, -0.15) is 13.2 Å². The van der Waals surface area contributed by atoms with E-state index in [1.807, 2.05) is 6.92 Å². The molecule has 1 aromatic heterocycles. The van der Waals surface area contributed by atoms with E-state index < -0.39 is 11.9 Å². The van der Waals surface area contributed by atoms with Crippen LogP contribution in [0.3, 0.4) is 0 Å². The molecule has 1 atom stereocenters. The van der Waals surface area contributed by atoms with E-state index in [4.69, 9.17) is 0 Å². The lowest BCUT2D eigenvalue weighted by molar-refractivity contribution is -0.142. The molecular weight excluding hydrogens is 183 g/mol. The molecule has 1 aromatic rings. The summed E-state index contributed by atoms with van der Waals surface area (Å²) >= 11 is 0. The Labute approximate surface area is 73.7 Å². The molecule has 0 N–H and O–H groups in total. The van der Waals surface area contributed by atoms with E-state index in [0.29, 0.717) is 0 Å². The summed E-state index contributed by atoms with van der Waals surface area (Å²) < 4.78 is 40.7. The first-order chi connectivity index (χ1) is 5.95. The monoisotopic (exact) mass is 193 g/mol. The standard InChI is InChI=1S/C8H10F3NO/c1-3-5(2)6-4-7(12-13-6)8(9,10)11/h4-5H,3H2,1-2H3. The molecule has 1 rings (SSSR count). The second-order valence-corrected chi connectivity index (χ2v) is 2.92. The maximum atomic E-state index is 12.0. The molecule has 2 nitrogen and oxygen atoms in total. The molecule has 0 saturated heterocycles. The largest absolute Gasteiger partial charge is 0.436 e. The molecule has 0 radical (unpaired) electrons. The van der Waals surface area contributed by atoms with Crippen LogP contribution in [0.2, 0.25) is 0 Å². The van der Waals surface area contributed by atoms with E-state index in [9.17, 15) is 13.2 Å². The van der Waals surface area contributed by atoms with Crippen molar-refractivity contribution in [2.45, 2.75) is 32.4 Å². The Kier molecular flexibility index (Phi) is 2.63. The molecule has 13 heavy (non-hydrogen) atoms. The van der Waals surface area contributed by atoms with Crippen LogP contribution in [0.25, 0.3) is 0 Å².